The molecule has 0 aromatic heterocycles. The van der Waals surface area contributed by atoms with Gasteiger partial charge in [-0.15, -0.1) is 0 Å². The van der Waals surface area contributed by atoms with E-state index in [-0.39, 0.29) is 12.3 Å². The quantitative estimate of drug-likeness (QED) is 0.410. The zero-order valence-electron chi connectivity index (χ0n) is 20.8. The van der Waals surface area contributed by atoms with E-state index in [1.54, 1.807) is 77.3 Å². The number of methoxy groups -OCH3 is 1. The Balaban J connectivity index is 1.74. The van der Waals surface area contributed by atoms with Crippen LogP contribution in [0.5, 0.6) is 5.75 Å². The van der Waals surface area contributed by atoms with E-state index in [0.29, 0.717) is 21.5 Å². The van der Waals surface area contributed by atoms with Gasteiger partial charge < -0.3 is 9.64 Å². The highest BCUT2D eigenvalue weighted by molar-refractivity contribution is 9.10. The number of likely N-dealkylation sites (tertiary alicyclic amines) is 1. The summed E-state index contributed by atoms with van der Waals surface area (Å²) in [4.78, 5) is 60.0. The highest BCUT2D eigenvalue weighted by Gasteiger charge is 2.77. The van der Waals surface area contributed by atoms with E-state index in [0.717, 1.165) is 4.90 Å². The number of imide groups is 2. The molecule has 0 bridgehead atoms. The largest absolute Gasteiger partial charge is 0.497 e. The first kappa shape index (κ1) is 24.5. The van der Waals surface area contributed by atoms with E-state index in [9.17, 15) is 19.2 Å². The molecule has 8 nitrogen and oxygen atoms in total. The Bertz CT molecular complexity index is 1290. The average Bonchev–Trinajstić information content (AvgIpc) is 3.37. The summed E-state index contributed by atoms with van der Waals surface area (Å²) in [5.41, 5.74) is -1.15. The summed E-state index contributed by atoms with van der Waals surface area (Å²) in [6.07, 6.45) is 0.201. The van der Waals surface area contributed by atoms with Crippen LogP contribution in [0.25, 0.3) is 0 Å². The Hall–Kier alpha value is -3.20. The molecule has 2 aromatic rings. The second-order valence-electron chi connectivity index (χ2n) is 10.5. The molecule has 3 fully saturated rings. The molecule has 3 aliphatic rings. The van der Waals surface area contributed by atoms with Crippen molar-refractivity contribution in [2.75, 3.05) is 12.0 Å². The summed E-state index contributed by atoms with van der Waals surface area (Å²) in [5, 5.41) is 0. The Morgan fingerprint density at radius 1 is 1.00 bits per heavy atom. The van der Waals surface area contributed by atoms with Crippen molar-refractivity contribution >= 4 is 45.4 Å². The Morgan fingerprint density at radius 3 is 2.22 bits per heavy atom. The van der Waals surface area contributed by atoms with Crippen LogP contribution in [0, 0.1) is 11.8 Å². The fourth-order valence-electron chi connectivity index (χ4n) is 6.19. The number of urea groups is 1. The minimum atomic E-state index is -1.47. The van der Waals surface area contributed by atoms with Crippen molar-refractivity contribution in [3.8, 4) is 5.75 Å². The van der Waals surface area contributed by atoms with Crippen molar-refractivity contribution in [3.63, 3.8) is 0 Å². The summed E-state index contributed by atoms with van der Waals surface area (Å²) >= 11 is 3.42. The maximum Gasteiger partial charge on any atom is 0.332 e. The number of carbonyl (C=O) groups excluding carboxylic acids is 4. The van der Waals surface area contributed by atoms with Gasteiger partial charge >= 0.3 is 6.03 Å². The summed E-state index contributed by atoms with van der Waals surface area (Å²) in [5.74, 6) is -2.44. The number of amides is 5. The van der Waals surface area contributed by atoms with E-state index >= 15 is 0 Å². The topological polar surface area (TPSA) is 87.2 Å². The van der Waals surface area contributed by atoms with Gasteiger partial charge in [0.25, 0.3) is 5.91 Å². The van der Waals surface area contributed by atoms with Gasteiger partial charge in [0, 0.05) is 10.0 Å². The first-order chi connectivity index (χ1) is 17.0. The first-order valence-corrected chi connectivity index (χ1v) is 12.7. The number of ether oxygens (including phenoxy) is 1. The highest BCUT2D eigenvalue weighted by atomic mass is 79.9. The fourth-order valence-corrected chi connectivity index (χ4v) is 6.57. The minimum Gasteiger partial charge on any atom is -0.497 e. The van der Waals surface area contributed by atoms with E-state index in [4.69, 9.17) is 4.74 Å². The summed E-state index contributed by atoms with van der Waals surface area (Å²) in [6.45, 7) is 7.21. The molecule has 3 aliphatic heterocycles. The van der Waals surface area contributed by atoms with Crippen molar-refractivity contribution in [3.05, 3.63) is 58.6 Å². The predicted molar refractivity (Wildman–Crippen MR) is 136 cm³/mol. The molecule has 0 spiro atoms. The molecule has 5 amide bonds. The lowest BCUT2D eigenvalue weighted by molar-refractivity contribution is -0.149. The van der Waals surface area contributed by atoms with Gasteiger partial charge in [0.15, 0.2) is 0 Å². The molecular weight excluding hydrogens is 526 g/mol. The summed E-state index contributed by atoms with van der Waals surface area (Å²) < 4.78 is 6.01. The van der Waals surface area contributed by atoms with Gasteiger partial charge in [-0.3, -0.25) is 19.3 Å². The molecule has 0 N–H and O–H groups in total. The lowest BCUT2D eigenvalue weighted by atomic mass is 9.77. The predicted octanol–water partition coefficient (Wildman–Crippen LogP) is 4.53. The number of benzene rings is 2. The molecule has 188 valence electrons. The lowest BCUT2D eigenvalue weighted by Gasteiger charge is -2.37. The van der Waals surface area contributed by atoms with E-state index in [1.807, 2.05) is 6.07 Å². The fraction of sp³-hybridized carbons (Fsp3) is 0.407. The number of nitrogens with zero attached hydrogens (tertiary/aromatic N) is 3. The van der Waals surface area contributed by atoms with Crippen molar-refractivity contribution in [2.45, 2.75) is 51.2 Å². The third-order valence-electron chi connectivity index (χ3n) is 7.62. The van der Waals surface area contributed by atoms with Gasteiger partial charge in [0.2, 0.25) is 11.8 Å². The maximum absolute atomic E-state index is 14.2. The molecule has 0 radical (unpaired) electrons. The van der Waals surface area contributed by atoms with Crippen molar-refractivity contribution in [1.82, 2.24) is 9.80 Å². The van der Waals surface area contributed by atoms with Gasteiger partial charge in [-0.2, -0.15) is 0 Å². The van der Waals surface area contributed by atoms with Gasteiger partial charge in [0.1, 0.15) is 11.3 Å². The molecule has 9 heteroatoms. The average molecular weight is 554 g/mol. The van der Waals surface area contributed by atoms with Crippen LogP contribution in [0.1, 0.15) is 45.7 Å². The SMILES string of the molecule is CC[C@@]12C(=O)N(c3cccc(Br)c3)C(=O)N1[C@H](c1ccc(OC)cc1)[C@@H]1C(=O)N(C(C)(C)C)C(=O)[C@@H]12. The van der Waals surface area contributed by atoms with Crippen LogP contribution in [0.4, 0.5) is 10.5 Å². The molecule has 3 heterocycles. The van der Waals surface area contributed by atoms with E-state index in [1.165, 1.54) is 9.80 Å². The Kier molecular flexibility index (Phi) is 5.55. The smallest absolute Gasteiger partial charge is 0.332 e. The summed E-state index contributed by atoms with van der Waals surface area (Å²) in [7, 11) is 1.56. The number of fused-ring (bicyclic) bond motifs is 3. The second-order valence-corrected chi connectivity index (χ2v) is 11.4. The monoisotopic (exact) mass is 553 g/mol. The van der Waals surface area contributed by atoms with Gasteiger partial charge in [-0.1, -0.05) is 41.1 Å². The van der Waals surface area contributed by atoms with Crippen LogP contribution in [0.2, 0.25) is 0 Å². The van der Waals surface area contributed by atoms with Gasteiger partial charge in [-0.25, -0.2) is 9.69 Å². The van der Waals surface area contributed by atoms with Crippen molar-refractivity contribution < 1.29 is 23.9 Å². The zero-order chi connectivity index (χ0) is 26.2. The van der Waals surface area contributed by atoms with Crippen LogP contribution in [0.15, 0.2) is 53.0 Å². The van der Waals surface area contributed by atoms with Crippen molar-refractivity contribution in [2.24, 2.45) is 11.8 Å². The van der Waals surface area contributed by atoms with Gasteiger partial charge in [0.05, 0.1) is 30.7 Å². The van der Waals surface area contributed by atoms with Crippen molar-refractivity contribution in [1.29, 1.82) is 0 Å². The number of carbonyl (C=O) groups is 4. The lowest BCUT2D eigenvalue weighted by Crippen LogP contribution is -2.55. The third kappa shape index (κ3) is 3.11. The molecule has 3 saturated heterocycles. The number of anilines is 1. The molecule has 0 unspecified atom stereocenters. The summed E-state index contributed by atoms with van der Waals surface area (Å²) in [6, 6.07) is 12.7. The molecule has 0 aliphatic carbocycles. The molecule has 2 aromatic carbocycles. The molecule has 36 heavy (non-hydrogen) atoms. The van der Waals surface area contributed by atoms with E-state index < -0.39 is 46.8 Å². The number of halogens is 1. The Labute approximate surface area is 218 Å². The molecule has 0 saturated carbocycles. The number of rotatable bonds is 4. The van der Waals surface area contributed by atoms with Gasteiger partial charge in [-0.05, 0) is 63.1 Å². The van der Waals surface area contributed by atoms with Crippen LogP contribution >= 0.6 is 15.9 Å². The minimum absolute atomic E-state index is 0.201. The zero-order valence-corrected chi connectivity index (χ0v) is 22.4. The molecular formula is C27H28BrN3O5. The van der Waals surface area contributed by atoms with Crippen LogP contribution in [-0.2, 0) is 14.4 Å². The van der Waals surface area contributed by atoms with Crippen LogP contribution < -0.4 is 9.64 Å². The normalized spacial score (nSPS) is 27.7. The maximum atomic E-state index is 14.2. The third-order valence-corrected chi connectivity index (χ3v) is 8.11. The molecule has 4 atom stereocenters. The number of hydrogen-bond acceptors (Lipinski definition) is 5. The van der Waals surface area contributed by atoms with Crippen LogP contribution in [0.3, 0.4) is 0 Å². The second kappa shape index (κ2) is 8.16. The van der Waals surface area contributed by atoms with Crippen LogP contribution in [-0.4, -0.2) is 51.7 Å². The molecule has 5 rings (SSSR count). The Morgan fingerprint density at radius 2 is 1.67 bits per heavy atom. The first-order valence-electron chi connectivity index (χ1n) is 11.9. The van der Waals surface area contributed by atoms with E-state index in [2.05, 4.69) is 15.9 Å². The number of hydrogen-bond donors (Lipinski definition) is 0. The highest BCUT2D eigenvalue weighted by Crippen LogP contribution is 2.60. The standard InChI is InChI=1S/C27H28BrN3O5/c1-6-27-20-19(22(32)31(23(20)33)26(2,3)4)21(15-10-12-18(36-5)13-11-15)30(27)25(35)29(24(27)34)17-9-7-8-16(28)14-17/h7-14,19-21H,6H2,1-5H3/t19-,20-,21-,27-/m1/s1.